The van der Waals surface area contributed by atoms with E-state index >= 15 is 0 Å². The first-order chi connectivity index (χ1) is 14.4. The monoisotopic (exact) mass is 420 g/mol. The standard InChI is InChI=1S/C25H28N2O2S/c1-5-6-15-7-9-16(10-8-15)22-14(4)30-25(26-22)27-23(28)20-17-11-12-18(19(17)13(2)3)21(20)24(27)29/h7-10,17-18,20-21H,5-6,11-12H2,1-4H3/t17-,18-,20-,21+/m1/s1. The number of fused-ring (bicyclic) bond motifs is 5. The number of carbonyl (C=O) groups excluding carboxylic acids is 2. The highest BCUT2D eigenvalue weighted by atomic mass is 32.1. The van der Waals surface area contributed by atoms with Crippen LogP contribution in [0, 0.1) is 30.6 Å². The summed E-state index contributed by atoms with van der Waals surface area (Å²) >= 11 is 1.46. The van der Waals surface area contributed by atoms with Gasteiger partial charge in [0, 0.05) is 10.4 Å². The summed E-state index contributed by atoms with van der Waals surface area (Å²) in [5.74, 6) is 0.0736. The van der Waals surface area contributed by atoms with Gasteiger partial charge >= 0.3 is 0 Å². The summed E-state index contributed by atoms with van der Waals surface area (Å²) in [4.78, 5) is 34.0. The number of anilines is 1. The van der Waals surface area contributed by atoms with Crippen molar-refractivity contribution in [2.75, 3.05) is 4.90 Å². The Hall–Kier alpha value is -2.27. The third-order valence-corrected chi connectivity index (χ3v) is 8.13. The molecule has 30 heavy (non-hydrogen) atoms. The molecule has 0 spiro atoms. The number of nitrogens with zero attached hydrogens (tertiary/aromatic N) is 2. The van der Waals surface area contributed by atoms with Gasteiger partial charge in [0.2, 0.25) is 11.8 Å². The number of benzene rings is 1. The Balaban J connectivity index is 1.47. The van der Waals surface area contributed by atoms with Crippen LogP contribution in [0.15, 0.2) is 35.4 Å². The number of aryl methyl sites for hydroxylation is 2. The molecule has 3 fully saturated rings. The Morgan fingerprint density at radius 2 is 1.67 bits per heavy atom. The minimum absolute atomic E-state index is 0.0328. The molecule has 5 heteroatoms. The van der Waals surface area contributed by atoms with E-state index in [4.69, 9.17) is 4.98 Å². The number of hydrogen-bond acceptors (Lipinski definition) is 4. The van der Waals surface area contributed by atoms with Crippen LogP contribution >= 0.6 is 11.3 Å². The minimum Gasteiger partial charge on any atom is -0.274 e. The van der Waals surface area contributed by atoms with Crippen molar-refractivity contribution >= 4 is 28.3 Å². The smallest absolute Gasteiger partial charge is 0.240 e. The van der Waals surface area contributed by atoms with Gasteiger partial charge in [0.05, 0.1) is 17.5 Å². The van der Waals surface area contributed by atoms with Crippen LogP contribution in [-0.4, -0.2) is 16.8 Å². The predicted molar refractivity (Wildman–Crippen MR) is 120 cm³/mol. The van der Waals surface area contributed by atoms with E-state index in [2.05, 4.69) is 45.0 Å². The van der Waals surface area contributed by atoms with Crippen LogP contribution in [0.1, 0.15) is 50.5 Å². The molecule has 1 saturated heterocycles. The van der Waals surface area contributed by atoms with Gasteiger partial charge < -0.3 is 0 Å². The van der Waals surface area contributed by atoms with Crippen LogP contribution in [-0.2, 0) is 16.0 Å². The summed E-state index contributed by atoms with van der Waals surface area (Å²) in [6, 6.07) is 8.49. The number of hydrogen-bond donors (Lipinski definition) is 0. The molecule has 0 radical (unpaired) electrons. The maximum absolute atomic E-state index is 13.4. The zero-order chi connectivity index (χ0) is 21.2. The van der Waals surface area contributed by atoms with Gasteiger partial charge in [-0.05, 0) is 57.4 Å². The van der Waals surface area contributed by atoms with Crippen molar-refractivity contribution in [3.8, 4) is 11.3 Å². The summed E-state index contributed by atoms with van der Waals surface area (Å²) < 4.78 is 0. The lowest BCUT2D eigenvalue weighted by molar-refractivity contribution is -0.123. The number of allylic oxidation sites excluding steroid dienone is 2. The second-order valence-electron chi connectivity index (χ2n) is 9.16. The first-order valence-corrected chi connectivity index (χ1v) is 11.9. The van der Waals surface area contributed by atoms with Crippen molar-refractivity contribution in [1.29, 1.82) is 0 Å². The highest BCUT2D eigenvalue weighted by Crippen LogP contribution is 2.60. The molecule has 4 atom stereocenters. The fourth-order valence-corrected chi connectivity index (χ4v) is 6.99. The fraction of sp³-hybridized carbons (Fsp3) is 0.480. The lowest BCUT2D eigenvalue weighted by atomic mass is 9.81. The Labute approximate surface area is 182 Å². The fourth-order valence-electron chi connectivity index (χ4n) is 6.04. The van der Waals surface area contributed by atoms with Gasteiger partial charge in [-0.3, -0.25) is 9.59 Å². The SMILES string of the molecule is CCCc1ccc(-c2nc(N3C(=O)[C@@H]4[C@H](C3=O)[C@@H]3CC[C@@H]4C3=C(C)C)sc2C)cc1. The van der Waals surface area contributed by atoms with Gasteiger partial charge in [-0.25, -0.2) is 9.88 Å². The zero-order valence-electron chi connectivity index (χ0n) is 18.1. The molecule has 5 rings (SSSR count). The summed E-state index contributed by atoms with van der Waals surface area (Å²) in [6.07, 6.45) is 4.26. The van der Waals surface area contributed by atoms with E-state index in [0.717, 1.165) is 41.8 Å². The minimum atomic E-state index is -0.179. The molecule has 0 unspecified atom stereocenters. The second-order valence-corrected chi connectivity index (χ2v) is 10.3. The Kier molecular flexibility index (Phi) is 4.69. The van der Waals surface area contributed by atoms with Crippen molar-refractivity contribution in [2.45, 2.75) is 53.4 Å². The van der Waals surface area contributed by atoms with Crippen LogP contribution < -0.4 is 4.90 Å². The molecule has 2 heterocycles. The number of amides is 2. The van der Waals surface area contributed by atoms with Gasteiger partial charge in [0.25, 0.3) is 0 Å². The lowest BCUT2D eigenvalue weighted by Crippen LogP contribution is -2.33. The van der Waals surface area contributed by atoms with Crippen molar-refractivity contribution < 1.29 is 9.59 Å². The maximum atomic E-state index is 13.4. The molecule has 1 aliphatic heterocycles. The zero-order valence-corrected chi connectivity index (χ0v) is 18.9. The second kappa shape index (κ2) is 7.16. The molecule has 2 saturated carbocycles. The molecular weight excluding hydrogens is 392 g/mol. The largest absolute Gasteiger partial charge is 0.274 e. The van der Waals surface area contributed by atoms with E-state index in [9.17, 15) is 9.59 Å². The molecule has 3 aliphatic rings. The van der Waals surface area contributed by atoms with Crippen molar-refractivity contribution in [2.24, 2.45) is 23.7 Å². The maximum Gasteiger partial charge on any atom is 0.240 e. The first kappa shape index (κ1) is 19.7. The predicted octanol–water partition coefficient (Wildman–Crippen LogP) is 5.55. The molecule has 1 aromatic heterocycles. The lowest BCUT2D eigenvalue weighted by Gasteiger charge is -2.18. The average Bonchev–Trinajstić information content (AvgIpc) is 3.44. The van der Waals surface area contributed by atoms with Gasteiger partial charge in [-0.1, -0.05) is 48.8 Å². The van der Waals surface area contributed by atoms with Crippen molar-refractivity contribution in [3.05, 3.63) is 45.9 Å². The third kappa shape index (κ3) is 2.74. The van der Waals surface area contributed by atoms with Crippen LogP contribution in [0.3, 0.4) is 0 Å². The summed E-state index contributed by atoms with van der Waals surface area (Å²) in [5.41, 5.74) is 5.92. The van der Waals surface area contributed by atoms with Gasteiger partial charge in [0.1, 0.15) is 0 Å². The highest BCUT2D eigenvalue weighted by Gasteiger charge is 2.64. The number of rotatable bonds is 4. The number of imide groups is 1. The van der Waals surface area contributed by atoms with E-state index in [0.29, 0.717) is 5.13 Å². The Bertz CT molecular complexity index is 1030. The molecular formula is C25H28N2O2S. The Morgan fingerprint density at radius 1 is 1.07 bits per heavy atom. The molecule has 0 N–H and O–H groups in total. The normalized spacial score (nSPS) is 27.3. The van der Waals surface area contributed by atoms with E-state index in [1.165, 1.54) is 32.9 Å². The summed E-state index contributed by atoms with van der Waals surface area (Å²) in [6.45, 7) is 8.44. The van der Waals surface area contributed by atoms with Crippen LogP contribution in [0.2, 0.25) is 0 Å². The van der Waals surface area contributed by atoms with E-state index in [-0.39, 0.29) is 35.5 Å². The third-order valence-electron chi connectivity index (χ3n) is 7.17. The van der Waals surface area contributed by atoms with E-state index in [1.807, 2.05) is 6.92 Å². The van der Waals surface area contributed by atoms with Crippen molar-refractivity contribution in [3.63, 3.8) is 0 Å². The Morgan fingerprint density at radius 3 is 2.20 bits per heavy atom. The molecule has 2 aliphatic carbocycles. The number of carbonyl (C=O) groups is 2. The molecule has 2 amide bonds. The molecule has 2 bridgehead atoms. The van der Waals surface area contributed by atoms with Crippen LogP contribution in [0.5, 0.6) is 0 Å². The molecule has 156 valence electrons. The first-order valence-electron chi connectivity index (χ1n) is 11.0. The van der Waals surface area contributed by atoms with Crippen molar-refractivity contribution in [1.82, 2.24) is 4.98 Å². The summed E-state index contributed by atoms with van der Waals surface area (Å²) in [5, 5.41) is 0.544. The molecule has 4 nitrogen and oxygen atoms in total. The summed E-state index contributed by atoms with van der Waals surface area (Å²) in [7, 11) is 0. The molecule has 1 aromatic carbocycles. The topological polar surface area (TPSA) is 50.3 Å². The quantitative estimate of drug-likeness (QED) is 0.481. The highest BCUT2D eigenvalue weighted by molar-refractivity contribution is 7.16. The van der Waals surface area contributed by atoms with E-state index < -0.39 is 0 Å². The molecule has 2 aromatic rings. The number of thiazole rings is 1. The van der Waals surface area contributed by atoms with Gasteiger partial charge in [-0.15, -0.1) is 11.3 Å². The van der Waals surface area contributed by atoms with Gasteiger partial charge in [0.15, 0.2) is 5.13 Å². The van der Waals surface area contributed by atoms with Crippen LogP contribution in [0.25, 0.3) is 11.3 Å². The average molecular weight is 421 g/mol. The van der Waals surface area contributed by atoms with Crippen LogP contribution in [0.4, 0.5) is 5.13 Å². The number of aromatic nitrogens is 1. The van der Waals surface area contributed by atoms with Gasteiger partial charge in [-0.2, -0.15) is 0 Å². The van der Waals surface area contributed by atoms with E-state index in [1.54, 1.807) is 0 Å².